The molecule has 9 heteroatoms. The van der Waals surface area contributed by atoms with E-state index in [-0.39, 0.29) is 21.1 Å². The molecule has 0 unspecified atom stereocenters. The molecule has 0 saturated heterocycles. The molecule has 8 nitrogen and oxygen atoms in total. The Morgan fingerprint density at radius 1 is 0.593 bits per heavy atom. The van der Waals surface area contributed by atoms with E-state index in [4.69, 9.17) is 24.7 Å². The first kappa shape index (κ1) is 37.5. The van der Waals surface area contributed by atoms with Gasteiger partial charge >= 0.3 is 27.1 Å². The fourth-order valence-electron chi connectivity index (χ4n) is 7.10. The molecule has 0 fully saturated rings. The Morgan fingerprint density at radius 2 is 1.22 bits per heavy atom. The van der Waals surface area contributed by atoms with Gasteiger partial charge < -0.3 is 9.30 Å². The van der Waals surface area contributed by atoms with Crippen LogP contribution in [0.3, 0.4) is 0 Å². The van der Waals surface area contributed by atoms with Crippen molar-refractivity contribution in [2.24, 2.45) is 0 Å². The van der Waals surface area contributed by atoms with Crippen LogP contribution < -0.4 is 4.74 Å². The number of hydrogen-bond acceptors (Lipinski definition) is 5. The van der Waals surface area contributed by atoms with Gasteiger partial charge in [0.15, 0.2) is 11.6 Å². The number of para-hydroxylation sites is 1. The Labute approximate surface area is 356 Å². The number of pyridine rings is 1. The molecule has 0 atom stereocenters. The summed E-state index contributed by atoms with van der Waals surface area (Å²) >= 11 is 0. The third-order valence-electron chi connectivity index (χ3n) is 10.2. The van der Waals surface area contributed by atoms with E-state index in [1.165, 1.54) is 5.56 Å². The topological polar surface area (TPSA) is 71.7 Å². The van der Waals surface area contributed by atoms with Crippen LogP contribution in [0.2, 0.25) is 0 Å². The van der Waals surface area contributed by atoms with Crippen LogP contribution in [0.5, 0.6) is 11.5 Å². The third kappa shape index (κ3) is 7.32. The van der Waals surface area contributed by atoms with Gasteiger partial charge in [-0.25, -0.2) is 19.9 Å². The normalized spacial score (nSPS) is 12.1. The van der Waals surface area contributed by atoms with E-state index in [2.05, 4.69) is 110 Å². The fraction of sp³-hybridized carbons (Fsp3) is 0.0600. The number of hydrogen-bond donors (Lipinski definition) is 0. The van der Waals surface area contributed by atoms with Gasteiger partial charge in [-0.1, -0.05) is 128 Å². The van der Waals surface area contributed by atoms with Gasteiger partial charge in [0.05, 0.1) is 0 Å². The largest absolute Gasteiger partial charge is 2.00 e. The zero-order chi connectivity index (χ0) is 39.2. The number of ether oxygens (including phenoxy) is 1. The Hall–Kier alpha value is -7.11. The molecule has 0 aliphatic carbocycles. The zero-order valence-electron chi connectivity index (χ0n) is 32.4. The standard InChI is InChI=1S/C50H35N7O.Pt/c1-33-14-20-36(21-15-33)48-52-49(37-22-16-34(2)17-23-37)54-50(53-48)43-30-42-41-11-4-5-12-44(41)57(47-13-6-7-26-51-47)45(42)31-46(43)58-40-10-8-9-39(29-40)56-28-27-55(32-56)38-24-18-35(3)19-25-38;/h4-28,30H,1-3H3;/q;+2. The van der Waals surface area contributed by atoms with Crippen LogP contribution in [0, 0.1) is 32.9 Å². The van der Waals surface area contributed by atoms with E-state index in [1.54, 1.807) is 6.20 Å². The maximum absolute atomic E-state index is 6.87. The van der Waals surface area contributed by atoms with Gasteiger partial charge in [-0.3, -0.25) is 0 Å². The van der Waals surface area contributed by atoms with Crippen LogP contribution in [-0.4, -0.2) is 39.7 Å². The Morgan fingerprint density at radius 3 is 1.90 bits per heavy atom. The first-order valence-corrected chi connectivity index (χ1v) is 19.0. The van der Waals surface area contributed by atoms with Gasteiger partial charge in [0.1, 0.15) is 17.3 Å². The first-order chi connectivity index (χ1) is 28.4. The summed E-state index contributed by atoms with van der Waals surface area (Å²) in [6, 6.07) is 57.4. The van der Waals surface area contributed by atoms with Crippen LogP contribution in [-0.2, 0) is 21.1 Å². The van der Waals surface area contributed by atoms with Crippen molar-refractivity contribution in [3.63, 3.8) is 0 Å². The van der Waals surface area contributed by atoms with Crippen LogP contribution >= 0.6 is 0 Å². The van der Waals surface area contributed by atoms with Gasteiger partial charge in [0, 0.05) is 46.5 Å². The smallest absolute Gasteiger partial charge is 0.508 e. The third-order valence-corrected chi connectivity index (χ3v) is 10.2. The molecular weight excluding hydrogens is 910 g/mol. The summed E-state index contributed by atoms with van der Waals surface area (Å²) in [7, 11) is 0. The van der Waals surface area contributed by atoms with Gasteiger partial charge in [0.2, 0.25) is 5.69 Å². The molecule has 6 aromatic carbocycles. The summed E-state index contributed by atoms with van der Waals surface area (Å²) in [5.41, 5.74) is 9.50. The summed E-state index contributed by atoms with van der Waals surface area (Å²) in [6.07, 6.45) is 5.72. The van der Waals surface area contributed by atoms with E-state index in [1.807, 2.05) is 94.3 Å². The summed E-state index contributed by atoms with van der Waals surface area (Å²) < 4.78 is 12.8. The van der Waals surface area contributed by atoms with Crippen LogP contribution in [0.25, 0.3) is 61.8 Å². The first-order valence-electron chi connectivity index (χ1n) is 19.0. The molecule has 10 rings (SSSR count). The Kier molecular flexibility index (Phi) is 9.95. The SMILES string of the molecule is Cc1ccc(-c2nc(-c3ccc(C)cc3)nc(-c3cc4c5ccccc5n(-c5ccccn5)c4[c-]c3Oc3[c-]c([N+]4=C=[N+](c5ccc(C)cc5)C=C4)ccc3)n2)cc1.[Pt+2]. The van der Waals surface area contributed by atoms with Crippen LogP contribution in [0.1, 0.15) is 16.7 Å². The molecule has 4 heterocycles. The number of benzene rings is 6. The molecule has 1 aliphatic heterocycles. The number of aromatic nitrogens is 5. The van der Waals surface area contributed by atoms with Crippen molar-refractivity contribution in [1.29, 1.82) is 0 Å². The van der Waals surface area contributed by atoms with E-state index >= 15 is 0 Å². The second-order valence-corrected chi connectivity index (χ2v) is 14.3. The maximum atomic E-state index is 6.87. The van der Waals surface area contributed by atoms with Crippen LogP contribution in [0.4, 0.5) is 11.4 Å². The van der Waals surface area contributed by atoms with Crippen molar-refractivity contribution in [2.45, 2.75) is 20.8 Å². The molecule has 0 saturated carbocycles. The van der Waals surface area contributed by atoms with E-state index in [9.17, 15) is 0 Å². The predicted molar refractivity (Wildman–Crippen MR) is 227 cm³/mol. The van der Waals surface area contributed by atoms with Crippen molar-refractivity contribution in [3.05, 3.63) is 187 Å². The van der Waals surface area contributed by atoms with Crippen molar-refractivity contribution in [1.82, 2.24) is 24.5 Å². The van der Waals surface area contributed by atoms with Gasteiger partial charge in [-0.05, 0) is 49.9 Å². The number of fused-ring (bicyclic) bond motifs is 3. The summed E-state index contributed by atoms with van der Waals surface area (Å²) in [6.45, 7) is 6.21. The van der Waals surface area contributed by atoms with Crippen molar-refractivity contribution in [3.8, 4) is 51.5 Å². The minimum atomic E-state index is 0. The van der Waals surface area contributed by atoms with Crippen molar-refractivity contribution in [2.75, 3.05) is 0 Å². The number of aryl methyl sites for hydroxylation is 3. The fourth-order valence-corrected chi connectivity index (χ4v) is 7.10. The predicted octanol–water partition coefficient (Wildman–Crippen LogP) is 11.3. The van der Waals surface area contributed by atoms with E-state index < -0.39 is 0 Å². The number of nitrogens with zero attached hydrogens (tertiary/aromatic N) is 7. The second kappa shape index (κ2) is 15.7. The maximum Gasteiger partial charge on any atom is 2.00 e. The minimum Gasteiger partial charge on any atom is -0.508 e. The summed E-state index contributed by atoms with van der Waals surface area (Å²) in [5.74, 6) is 3.26. The van der Waals surface area contributed by atoms with Crippen LogP contribution in [0.15, 0.2) is 158 Å². The molecular formula is C50H35N7OPt+2. The van der Waals surface area contributed by atoms with E-state index in [0.29, 0.717) is 34.5 Å². The molecule has 0 amide bonds. The van der Waals surface area contributed by atoms with Gasteiger partial charge in [-0.2, -0.15) is 6.07 Å². The molecule has 0 spiro atoms. The number of rotatable bonds is 8. The average Bonchev–Trinajstić information content (AvgIpc) is 3.88. The van der Waals surface area contributed by atoms with Gasteiger partial charge in [-0.15, -0.1) is 23.6 Å². The molecule has 0 radical (unpaired) electrons. The summed E-state index contributed by atoms with van der Waals surface area (Å²) in [4.78, 5) is 20.0. The van der Waals surface area contributed by atoms with Crippen molar-refractivity contribution < 1.29 is 35.0 Å². The molecule has 3 aromatic heterocycles. The molecule has 0 N–H and O–H groups in total. The molecule has 59 heavy (non-hydrogen) atoms. The van der Waals surface area contributed by atoms with E-state index in [0.717, 1.165) is 61.3 Å². The molecule has 0 bridgehead atoms. The quantitative estimate of drug-likeness (QED) is 0.112. The molecule has 284 valence electrons. The Balaban J connectivity index is 0.00000449. The minimum absolute atomic E-state index is 0. The molecule has 1 aliphatic rings. The second-order valence-electron chi connectivity index (χ2n) is 14.3. The van der Waals surface area contributed by atoms with Crippen molar-refractivity contribution >= 4 is 39.2 Å². The Bertz CT molecular complexity index is 3070. The van der Waals surface area contributed by atoms with Gasteiger partial charge in [0.25, 0.3) is 12.4 Å². The average molecular weight is 945 g/mol. The zero-order valence-corrected chi connectivity index (χ0v) is 34.6. The molecule has 9 aromatic rings. The summed E-state index contributed by atoms with van der Waals surface area (Å²) in [5, 5.41) is 2.00. The monoisotopic (exact) mass is 944 g/mol.